The average Bonchev–Trinajstić information content (AvgIpc) is 2.71. The number of hydrogen-bond acceptors (Lipinski definition) is 5. The van der Waals surface area contributed by atoms with E-state index < -0.39 is 0 Å². The lowest BCUT2D eigenvalue weighted by Crippen LogP contribution is -2.40. The van der Waals surface area contributed by atoms with E-state index in [4.69, 9.17) is 14.2 Å². The summed E-state index contributed by atoms with van der Waals surface area (Å²) in [6.45, 7) is 4.75. The molecular formula is C22H28N2O4. The van der Waals surface area contributed by atoms with Gasteiger partial charge < -0.3 is 19.5 Å². The minimum absolute atomic E-state index is 0.134. The second kappa shape index (κ2) is 8.87. The molecule has 1 N–H and O–H groups in total. The van der Waals surface area contributed by atoms with E-state index in [1.54, 1.807) is 19.1 Å². The number of fused-ring (bicyclic) bond motifs is 1. The van der Waals surface area contributed by atoms with E-state index in [1.165, 1.54) is 0 Å². The smallest absolute Gasteiger partial charge is 0.410 e. The molecule has 2 aromatic carbocycles. The predicted molar refractivity (Wildman–Crippen MR) is 109 cm³/mol. The molecule has 0 unspecified atom stereocenters. The van der Waals surface area contributed by atoms with Gasteiger partial charge in [0.2, 0.25) is 0 Å². The second-order valence-electron chi connectivity index (χ2n) is 6.90. The highest BCUT2D eigenvalue weighted by Crippen LogP contribution is 2.43. The van der Waals surface area contributed by atoms with E-state index in [0.29, 0.717) is 24.7 Å². The summed E-state index contributed by atoms with van der Waals surface area (Å²) < 4.78 is 16.3. The maximum Gasteiger partial charge on any atom is 0.410 e. The van der Waals surface area contributed by atoms with Crippen LogP contribution in [0.3, 0.4) is 0 Å². The van der Waals surface area contributed by atoms with E-state index in [2.05, 4.69) is 12.2 Å². The van der Waals surface area contributed by atoms with Crippen LogP contribution in [0.5, 0.6) is 11.5 Å². The molecule has 28 heavy (non-hydrogen) atoms. The molecule has 150 valence electrons. The van der Waals surface area contributed by atoms with Gasteiger partial charge in [0.1, 0.15) is 0 Å². The van der Waals surface area contributed by atoms with Gasteiger partial charge in [-0.3, -0.25) is 4.90 Å². The molecular weight excluding hydrogens is 356 g/mol. The van der Waals surface area contributed by atoms with Crippen LogP contribution in [0.15, 0.2) is 42.5 Å². The maximum atomic E-state index is 12.9. The number of nitrogens with zero attached hydrogens (tertiary/aromatic N) is 1. The lowest BCUT2D eigenvalue weighted by molar-refractivity contribution is 0.0824. The number of nitrogens with one attached hydrogen (secondary N) is 1. The summed E-state index contributed by atoms with van der Waals surface area (Å²) in [5.74, 6) is 1.30. The molecule has 1 amide bonds. The lowest BCUT2D eigenvalue weighted by Gasteiger charge is -2.38. The molecule has 6 heteroatoms. The summed E-state index contributed by atoms with van der Waals surface area (Å²) in [4.78, 5) is 14.7. The Morgan fingerprint density at radius 3 is 2.46 bits per heavy atom. The largest absolute Gasteiger partial charge is 0.493 e. The first kappa shape index (κ1) is 19.9. The third-order valence-corrected chi connectivity index (χ3v) is 4.97. The summed E-state index contributed by atoms with van der Waals surface area (Å²) in [6, 6.07) is 13.9. The quantitative estimate of drug-likeness (QED) is 0.788. The topological polar surface area (TPSA) is 60.0 Å². The van der Waals surface area contributed by atoms with Crippen molar-refractivity contribution >= 4 is 11.8 Å². The van der Waals surface area contributed by atoms with Gasteiger partial charge in [-0.15, -0.1) is 0 Å². The summed E-state index contributed by atoms with van der Waals surface area (Å²) >= 11 is 0. The Morgan fingerprint density at radius 1 is 1.14 bits per heavy atom. The van der Waals surface area contributed by atoms with Crippen molar-refractivity contribution in [3.63, 3.8) is 0 Å². The van der Waals surface area contributed by atoms with Gasteiger partial charge in [0.25, 0.3) is 0 Å². The monoisotopic (exact) mass is 384 g/mol. The predicted octanol–water partition coefficient (Wildman–Crippen LogP) is 4.61. The molecule has 0 saturated carbocycles. The van der Waals surface area contributed by atoms with Crippen LogP contribution in [-0.2, 0) is 11.3 Å². The molecule has 0 aromatic heterocycles. The Morgan fingerprint density at radius 2 is 1.82 bits per heavy atom. The van der Waals surface area contributed by atoms with Crippen LogP contribution in [0, 0.1) is 0 Å². The number of hydrogen-bond donors (Lipinski definition) is 1. The van der Waals surface area contributed by atoms with Crippen LogP contribution >= 0.6 is 0 Å². The highest BCUT2D eigenvalue weighted by Gasteiger charge is 2.34. The first-order valence-electron chi connectivity index (χ1n) is 9.57. The fraction of sp³-hybridized carbons (Fsp3) is 0.409. The molecule has 0 bridgehead atoms. The van der Waals surface area contributed by atoms with Gasteiger partial charge in [0.15, 0.2) is 11.5 Å². The van der Waals surface area contributed by atoms with Crippen LogP contribution < -0.4 is 14.8 Å². The van der Waals surface area contributed by atoms with Crippen molar-refractivity contribution in [2.75, 3.05) is 26.1 Å². The van der Waals surface area contributed by atoms with Crippen molar-refractivity contribution in [2.45, 2.75) is 38.9 Å². The van der Waals surface area contributed by atoms with E-state index in [9.17, 15) is 4.79 Å². The van der Waals surface area contributed by atoms with Gasteiger partial charge in [0, 0.05) is 29.9 Å². The lowest BCUT2D eigenvalue weighted by atomic mass is 9.91. The van der Waals surface area contributed by atoms with E-state index in [0.717, 1.165) is 23.2 Å². The molecule has 1 aliphatic heterocycles. The molecule has 0 fully saturated rings. The van der Waals surface area contributed by atoms with Crippen LogP contribution in [0.4, 0.5) is 10.5 Å². The van der Waals surface area contributed by atoms with E-state index in [1.807, 2.05) is 49.4 Å². The molecule has 0 radical (unpaired) electrons. The zero-order valence-corrected chi connectivity index (χ0v) is 16.9. The highest BCUT2D eigenvalue weighted by molar-refractivity contribution is 5.71. The van der Waals surface area contributed by atoms with Crippen LogP contribution in [0.1, 0.15) is 37.4 Å². The molecule has 2 atom stereocenters. The minimum atomic E-state index is -0.314. The van der Waals surface area contributed by atoms with Crippen molar-refractivity contribution < 1.29 is 19.0 Å². The first-order valence-corrected chi connectivity index (χ1v) is 9.57. The van der Waals surface area contributed by atoms with Crippen molar-refractivity contribution in [3.05, 3.63) is 53.6 Å². The third-order valence-electron chi connectivity index (χ3n) is 4.97. The van der Waals surface area contributed by atoms with E-state index >= 15 is 0 Å². The summed E-state index contributed by atoms with van der Waals surface area (Å²) in [5.41, 5.74) is 3.01. The summed E-state index contributed by atoms with van der Waals surface area (Å²) in [6.07, 6.45) is 0.458. The molecule has 0 aliphatic carbocycles. The zero-order valence-electron chi connectivity index (χ0n) is 16.9. The van der Waals surface area contributed by atoms with Gasteiger partial charge >= 0.3 is 6.09 Å². The molecule has 1 aliphatic rings. The Hall–Kier alpha value is -2.89. The Bertz CT molecular complexity index is 810. The van der Waals surface area contributed by atoms with Gasteiger partial charge in [-0.25, -0.2) is 4.79 Å². The van der Waals surface area contributed by atoms with Crippen LogP contribution in [0.25, 0.3) is 0 Å². The van der Waals surface area contributed by atoms with Crippen LogP contribution in [-0.4, -0.2) is 37.9 Å². The number of carbonyl (C=O) groups is 1. The molecule has 2 aromatic rings. The average molecular weight is 384 g/mol. The van der Waals surface area contributed by atoms with Crippen LogP contribution in [0.2, 0.25) is 0 Å². The number of rotatable bonds is 6. The van der Waals surface area contributed by atoms with E-state index in [-0.39, 0.29) is 18.2 Å². The Balaban J connectivity index is 2.03. The molecule has 0 saturated heterocycles. The standard InChI is InChI=1S/C22H28N2O4/c1-5-28-22(25)24(14-16-9-7-6-8-10-16)19-11-15(2)23-18-13-21(27-4)20(26-3)12-17(18)19/h6-10,12-13,15,19,23H,5,11,14H2,1-4H3/t15-,19+/m1/s1. The maximum absolute atomic E-state index is 12.9. The molecule has 1 heterocycles. The van der Waals surface area contributed by atoms with Gasteiger partial charge in [-0.05, 0) is 31.9 Å². The van der Waals surface area contributed by atoms with Gasteiger partial charge in [0.05, 0.1) is 26.9 Å². The van der Waals surface area contributed by atoms with Crippen molar-refractivity contribution in [2.24, 2.45) is 0 Å². The molecule has 0 spiro atoms. The van der Waals surface area contributed by atoms with Gasteiger partial charge in [-0.1, -0.05) is 30.3 Å². The molecule has 3 rings (SSSR count). The Kier molecular flexibility index (Phi) is 6.29. The van der Waals surface area contributed by atoms with Crippen molar-refractivity contribution in [1.29, 1.82) is 0 Å². The normalized spacial score (nSPS) is 17.9. The van der Waals surface area contributed by atoms with Gasteiger partial charge in [-0.2, -0.15) is 0 Å². The van der Waals surface area contributed by atoms with Crippen molar-refractivity contribution in [1.82, 2.24) is 4.90 Å². The first-order chi connectivity index (χ1) is 13.6. The zero-order chi connectivity index (χ0) is 20.1. The van der Waals surface area contributed by atoms with Crippen molar-refractivity contribution in [3.8, 4) is 11.5 Å². The number of carbonyl (C=O) groups excluding carboxylic acids is 1. The number of ether oxygens (including phenoxy) is 3. The third kappa shape index (κ3) is 4.16. The molecule has 6 nitrogen and oxygen atoms in total. The Labute approximate surface area is 166 Å². The highest BCUT2D eigenvalue weighted by atomic mass is 16.6. The minimum Gasteiger partial charge on any atom is -0.493 e. The fourth-order valence-electron chi connectivity index (χ4n) is 3.67. The second-order valence-corrected chi connectivity index (χ2v) is 6.90. The fourth-order valence-corrected chi connectivity index (χ4v) is 3.67. The summed E-state index contributed by atoms with van der Waals surface area (Å²) in [7, 11) is 3.24. The number of methoxy groups -OCH3 is 2. The number of anilines is 1. The SMILES string of the molecule is CCOC(=O)N(Cc1ccccc1)[C@H]1C[C@@H](C)Nc2cc(OC)c(OC)cc21. The summed E-state index contributed by atoms with van der Waals surface area (Å²) in [5, 5.41) is 3.49. The number of amides is 1. The number of benzene rings is 2.